The molecule has 0 saturated heterocycles. The summed E-state index contributed by atoms with van der Waals surface area (Å²) in [6.07, 6.45) is 3.00. The van der Waals surface area contributed by atoms with Crippen LogP contribution in [0.1, 0.15) is 11.1 Å². The summed E-state index contributed by atoms with van der Waals surface area (Å²) < 4.78 is 25.6. The topological polar surface area (TPSA) is 47.6 Å². The van der Waals surface area contributed by atoms with E-state index in [9.17, 15) is 9.18 Å². The maximum Gasteiger partial charge on any atom is 0.248 e. The van der Waals surface area contributed by atoms with Crippen LogP contribution in [0.25, 0.3) is 6.08 Å². The summed E-state index contributed by atoms with van der Waals surface area (Å²) in [6, 6.07) is 14.7. The highest BCUT2D eigenvalue weighted by Crippen LogP contribution is 2.37. The predicted molar refractivity (Wildman–Crippen MR) is 126 cm³/mol. The van der Waals surface area contributed by atoms with Crippen molar-refractivity contribution < 1.29 is 18.7 Å². The van der Waals surface area contributed by atoms with Gasteiger partial charge in [-0.25, -0.2) is 4.39 Å². The van der Waals surface area contributed by atoms with Crippen LogP contribution in [0.15, 0.2) is 65.1 Å². The number of halogens is 4. The number of carbonyl (C=O) groups excluding carboxylic acids is 1. The molecule has 3 aromatic carbocycles. The van der Waals surface area contributed by atoms with Gasteiger partial charge < -0.3 is 14.8 Å². The van der Waals surface area contributed by atoms with Gasteiger partial charge in [0.1, 0.15) is 12.4 Å². The minimum Gasteiger partial charge on any atom is -0.493 e. The fraction of sp³-hybridized carbons (Fsp3) is 0.0870. The predicted octanol–water partition coefficient (Wildman–Crippen LogP) is 7.13. The van der Waals surface area contributed by atoms with Gasteiger partial charge in [0, 0.05) is 17.3 Å². The number of rotatable bonds is 7. The van der Waals surface area contributed by atoms with Crippen LogP contribution in [-0.4, -0.2) is 13.0 Å². The molecule has 31 heavy (non-hydrogen) atoms. The van der Waals surface area contributed by atoms with Gasteiger partial charge in [-0.05, 0) is 64.0 Å². The number of methoxy groups -OCH3 is 1. The maximum absolute atomic E-state index is 13.8. The van der Waals surface area contributed by atoms with Crippen LogP contribution in [-0.2, 0) is 11.4 Å². The van der Waals surface area contributed by atoms with E-state index in [0.29, 0.717) is 42.8 Å². The van der Waals surface area contributed by atoms with E-state index in [2.05, 4.69) is 21.2 Å². The number of benzene rings is 3. The second-order valence-corrected chi connectivity index (χ2v) is 8.03. The summed E-state index contributed by atoms with van der Waals surface area (Å²) in [5.41, 5.74) is 1.66. The van der Waals surface area contributed by atoms with E-state index in [1.807, 2.05) is 0 Å². The zero-order valence-corrected chi connectivity index (χ0v) is 19.4. The van der Waals surface area contributed by atoms with Gasteiger partial charge in [0.25, 0.3) is 0 Å². The highest BCUT2D eigenvalue weighted by molar-refractivity contribution is 9.10. The first-order chi connectivity index (χ1) is 14.9. The van der Waals surface area contributed by atoms with Gasteiger partial charge in [0.05, 0.1) is 21.6 Å². The molecule has 0 spiro atoms. The summed E-state index contributed by atoms with van der Waals surface area (Å²) in [6.45, 7) is 0.0445. The molecule has 0 aromatic heterocycles. The molecule has 3 rings (SSSR count). The Hall–Kier alpha value is -2.54. The Balaban J connectivity index is 1.71. The summed E-state index contributed by atoms with van der Waals surface area (Å²) in [7, 11) is 1.50. The number of anilines is 1. The van der Waals surface area contributed by atoms with Crippen molar-refractivity contribution in [2.24, 2.45) is 0 Å². The highest BCUT2D eigenvalue weighted by Gasteiger charge is 2.12. The third-order valence-electron chi connectivity index (χ3n) is 4.20. The van der Waals surface area contributed by atoms with Gasteiger partial charge in [0.15, 0.2) is 11.5 Å². The third-order valence-corrected chi connectivity index (χ3v) is 5.52. The van der Waals surface area contributed by atoms with Crippen molar-refractivity contribution in [2.45, 2.75) is 6.61 Å². The van der Waals surface area contributed by atoms with Crippen LogP contribution in [0.5, 0.6) is 11.5 Å². The normalized spacial score (nSPS) is 10.9. The average molecular weight is 525 g/mol. The average Bonchev–Trinajstić information content (AvgIpc) is 2.75. The molecule has 0 saturated carbocycles. The summed E-state index contributed by atoms with van der Waals surface area (Å²) in [5, 5.41) is 3.46. The molecule has 3 aromatic rings. The van der Waals surface area contributed by atoms with Gasteiger partial charge in [-0.2, -0.15) is 0 Å². The molecule has 0 atom stereocenters. The molecule has 4 nitrogen and oxygen atoms in total. The van der Waals surface area contributed by atoms with Crippen LogP contribution in [0.3, 0.4) is 0 Å². The monoisotopic (exact) mass is 523 g/mol. The molecule has 1 amide bonds. The van der Waals surface area contributed by atoms with Gasteiger partial charge in [-0.15, -0.1) is 0 Å². The molecule has 0 unspecified atom stereocenters. The van der Waals surface area contributed by atoms with Crippen molar-refractivity contribution in [3.8, 4) is 11.5 Å². The van der Waals surface area contributed by atoms with E-state index >= 15 is 0 Å². The molecule has 0 fully saturated rings. The Morgan fingerprint density at radius 2 is 1.90 bits per heavy atom. The van der Waals surface area contributed by atoms with E-state index in [-0.39, 0.29) is 18.3 Å². The van der Waals surface area contributed by atoms with Gasteiger partial charge in [0.2, 0.25) is 5.91 Å². The first-order valence-electron chi connectivity index (χ1n) is 9.05. The fourth-order valence-electron chi connectivity index (χ4n) is 2.67. The van der Waals surface area contributed by atoms with Gasteiger partial charge in [-0.1, -0.05) is 41.4 Å². The third kappa shape index (κ3) is 6.23. The van der Waals surface area contributed by atoms with Crippen LogP contribution < -0.4 is 14.8 Å². The first kappa shape index (κ1) is 23.1. The standard InChI is InChI=1S/C23H17BrCl2FNO3/c1-30-21-11-14(6-9-22(29)28-16-7-8-18(25)19(26)12-16)10-17(24)23(21)31-13-15-4-2-3-5-20(15)27/h2-12H,13H2,1H3,(H,28,29)/b9-6+. The van der Waals surface area contributed by atoms with E-state index < -0.39 is 0 Å². The van der Waals surface area contributed by atoms with Crippen molar-refractivity contribution in [1.29, 1.82) is 0 Å². The van der Waals surface area contributed by atoms with E-state index in [1.54, 1.807) is 54.6 Å². The quantitative estimate of drug-likeness (QED) is 0.334. The van der Waals surface area contributed by atoms with E-state index in [1.165, 1.54) is 19.3 Å². The SMILES string of the molecule is COc1cc(/C=C/C(=O)Nc2ccc(Cl)c(Cl)c2)cc(Br)c1OCc1ccccc1F. The number of nitrogens with one attached hydrogen (secondary N) is 1. The Morgan fingerprint density at radius 1 is 1.13 bits per heavy atom. The maximum atomic E-state index is 13.8. The number of hydrogen-bond donors (Lipinski definition) is 1. The number of amides is 1. The lowest BCUT2D eigenvalue weighted by Gasteiger charge is -2.14. The molecule has 1 N–H and O–H groups in total. The molecule has 0 aliphatic rings. The molecular formula is C23H17BrCl2FNO3. The fourth-order valence-corrected chi connectivity index (χ4v) is 3.54. The molecule has 0 aliphatic carbocycles. The van der Waals surface area contributed by atoms with E-state index in [4.69, 9.17) is 32.7 Å². The zero-order chi connectivity index (χ0) is 22.4. The second kappa shape index (κ2) is 10.7. The van der Waals surface area contributed by atoms with Crippen molar-refractivity contribution in [2.75, 3.05) is 12.4 Å². The largest absolute Gasteiger partial charge is 0.493 e. The van der Waals surface area contributed by atoms with Crippen molar-refractivity contribution in [3.05, 3.63) is 92.1 Å². The van der Waals surface area contributed by atoms with Crippen LogP contribution in [0, 0.1) is 5.82 Å². The molecular weight excluding hydrogens is 508 g/mol. The lowest BCUT2D eigenvalue weighted by atomic mass is 10.1. The number of carbonyl (C=O) groups is 1. The first-order valence-corrected chi connectivity index (χ1v) is 10.6. The summed E-state index contributed by atoms with van der Waals surface area (Å²) in [4.78, 5) is 12.2. The molecule has 0 bridgehead atoms. The van der Waals surface area contributed by atoms with Crippen LogP contribution >= 0.6 is 39.1 Å². The Kier molecular flexibility index (Phi) is 7.96. The minimum absolute atomic E-state index is 0.0445. The lowest BCUT2D eigenvalue weighted by Crippen LogP contribution is -2.07. The van der Waals surface area contributed by atoms with Crippen LogP contribution in [0.4, 0.5) is 10.1 Å². The lowest BCUT2D eigenvalue weighted by molar-refractivity contribution is -0.111. The number of ether oxygens (including phenoxy) is 2. The van der Waals surface area contributed by atoms with Crippen molar-refractivity contribution in [3.63, 3.8) is 0 Å². The Bertz CT molecular complexity index is 1140. The zero-order valence-electron chi connectivity index (χ0n) is 16.3. The molecule has 160 valence electrons. The summed E-state index contributed by atoms with van der Waals surface area (Å²) in [5.74, 6) is 0.192. The molecule has 0 heterocycles. The van der Waals surface area contributed by atoms with Gasteiger partial charge in [-0.3, -0.25) is 4.79 Å². The molecule has 8 heteroatoms. The Labute approximate surface area is 197 Å². The molecule has 0 aliphatic heterocycles. The van der Waals surface area contributed by atoms with Crippen molar-refractivity contribution >= 4 is 56.8 Å². The van der Waals surface area contributed by atoms with Crippen molar-refractivity contribution in [1.82, 2.24) is 0 Å². The number of hydrogen-bond acceptors (Lipinski definition) is 3. The van der Waals surface area contributed by atoms with E-state index in [0.717, 1.165) is 0 Å². The summed E-state index contributed by atoms with van der Waals surface area (Å²) >= 11 is 15.3. The van der Waals surface area contributed by atoms with Crippen LogP contribution in [0.2, 0.25) is 10.0 Å². The second-order valence-electron chi connectivity index (χ2n) is 6.37. The molecule has 0 radical (unpaired) electrons. The minimum atomic E-state index is -0.342. The highest BCUT2D eigenvalue weighted by atomic mass is 79.9. The Morgan fingerprint density at radius 3 is 2.61 bits per heavy atom. The van der Waals surface area contributed by atoms with Gasteiger partial charge >= 0.3 is 0 Å². The smallest absolute Gasteiger partial charge is 0.248 e.